The molecule has 2 aromatic heterocycles. The van der Waals surface area contributed by atoms with E-state index in [4.69, 9.17) is 0 Å². The molecule has 24 heavy (non-hydrogen) atoms. The Morgan fingerprint density at radius 1 is 1.21 bits per heavy atom. The fourth-order valence-corrected chi connectivity index (χ4v) is 4.21. The molecular formula is C16H11BrF3N3S. The molecule has 124 valence electrons. The highest BCUT2D eigenvalue weighted by Crippen LogP contribution is 2.39. The van der Waals surface area contributed by atoms with E-state index in [1.807, 2.05) is 12.1 Å². The van der Waals surface area contributed by atoms with E-state index in [1.54, 1.807) is 22.1 Å². The van der Waals surface area contributed by atoms with Crippen LogP contribution >= 0.6 is 27.3 Å². The van der Waals surface area contributed by atoms with Gasteiger partial charge >= 0.3 is 6.18 Å². The number of halogens is 4. The molecule has 0 saturated heterocycles. The van der Waals surface area contributed by atoms with Gasteiger partial charge in [-0.05, 0) is 52.7 Å². The molecule has 0 atom stereocenters. The third-order valence-corrected chi connectivity index (χ3v) is 5.51. The molecule has 0 amide bonds. The van der Waals surface area contributed by atoms with Gasteiger partial charge in [0.25, 0.3) is 0 Å². The summed E-state index contributed by atoms with van der Waals surface area (Å²) in [7, 11) is 0. The molecule has 8 heteroatoms. The predicted molar refractivity (Wildman–Crippen MR) is 91.8 cm³/mol. The molecule has 0 aliphatic carbocycles. The van der Waals surface area contributed by atoms with Crippen LogP contribution in [0, 0.1) is 0 Å². The first kappa shape index (κ1) is 15.7. The Balaban J connectivity index is 1.86. The van der Waals surface area contributed by atoms with Gasteiger partial charge in [0.2, 0.25) is 0 Å². The zero-order valence-corrected chi connectivity index (χ0v) is 14.6. The van der Waals surface area contributed by atoms with E-state index >= 15 is 0 Å². The van der Waals surface area contributed by atoms with Gasteiger partial charge in [0.05, 0.1) is 19.9 Å². The van der Waals surface area contributed by atoms with Gasteiger partial charge in [-0.15, -0.1) is 11.3 Å². The molecule has 0 unspecified atom stereocenters. The maximum atomic E-state index is 13.0. The van der Waals surface area contributed by atoms with Crippen molar-refractivity contribution in [1.29, 1.82) is 0 Å². The largest absolute Gasteiger partial charge is 0.416 e. The minimum Gasteiger partial charge on any atom is -0.369 e. The highest BCUT2D eigenvalue weighted by Gasteiger charge is 2.31. The molecule has 0 fully saturated rings. The van der Waals surface area contributed by atoms with Crippen LogP contribution < -0.4 is 5.32 Å². The average Bonchev–Trinajstić information content (AvgIpc) is 3.22. The standard InChI is InChI=1S/C16H11BrF3N3S/c17-13-5-4-12(24-13)14-11-6-7-21-15(11)23(22-14)10-3-1-2-9(8-10)16(18,19)20/h1-5,8,21H,6-7H2. The van der Waals surface area contributed by atoms with Crippen molar-refractivity contribution in [1.82, 2.24) is 9.78 Å². The zero-order valence-electron chi connectivity index (χ0n) is 12.2. The van der Waals surface area contributed by atoms with Crippen molar-refractivity contribution in [3.05, 3.63) is 51.3 Å². The van der Waals surface area contributed by atoms with Crippen LogP contribution in [0.4, 0.5) is 19.0 Å². The Kier molecular flexibility index (Phi) is 3.69. The van der Waals surface area contributed by atoms with E-state index < -0.39 is 11.7 Å². The molecule has 1 N–H and O–H groups in total. The molecule has 1 aliphatic rings. The maximum Gasteiger partial charge on any atom is 0.416 e. The smallest absolute Gasteiger partial charge is 0.369 e. The van der Waals surface area contributed by atoms with Gasteiger partial charge in [0, 0.05) is 12.1 Å². The van der Waals surface area contributed by atoms with Gasteiger partial charge in [0.15, 0.2) is 0 Å². The summed E-state index contributed by atoms with van der Waals surface area (Å²) >= 11 is 4.99. The van der Waals surface area contributed by atoms with Gasteiger partial charge in [-0.1, -0.05) is 6.07 Å². The summed E-state index contributed by atoms with van der Waals surface area (Å²) < 4.78 is 41.5. The van der Waals surface area contributed by atoms with E-state index in [1.165, 1.54) is 6.07 Å². The highest BCUT2D eigenvalue weighted by atomic mass is 79.9. The summed E-state index contributed by atoms with van der Waals surface area (Å²) in [6.07, 6.45) is -3.57. The lowest BCUT2D eigenvalue weighted by molar-refractivity contribution is -0.137. The number of hydrogen-bond donors (Lipinski definition) is 1. The molecule has 0 bridgehead atoms. The molecule has 3 aromatic rings. The van der Waals surface area contributed by atoms with Crippen molar-refractivity contribution in [3.8, 4) is 16.3 Å². The van der Waals surface area contributed by atoms with Gasteiger partial charge in [0.1, 0.15) is 11.5 Å². The van der Waals surface area contributed by atoms with Crippen molar-refractivity contribution in [2.45, 2.75) is 12.6 Å². The average molecular weight is 414 g/mol. The third-order valence-electron chi connectivity index (χ3n) is 3.88. The van der Waals surface area contributed by atoms with Crippen LogP contribution in [0.15, 0.2) is 40.2 Å². The van der Waals surface area contributed by atoms with Crippen LogP contribution in [0.5, 0.6) is 0 Å². The number of rotatable bonds is 2. The van der Waals surface area contributed by atoms with Crippen LogP contribution in [-0.2, 0) is 12.6 Å². The number of nitrogens with one attached hydrogen (secondary N) is 1. The number of anilines is 1. The SMILES string of the molecule is FC(F)(F)c1cccc(-n2nc(-c3ccc(Br)s3)c3c2NCC3)c1. The third kappa shape index (κ3) is 2.63. The lowest BCUT2D eigenvalue weighted by Crippen LogP contribution is -2.08. The monoisotopic (exact) mass is 413 g/mol. The maximum absolute atomic E-state index is 13.0. The fourth-order valence-electron chi connectivity index (χ4n) is 2.81. The van der Waals surface area contributed by atoms with Crippen LogP contribution in [-0.4, -0.2) is 16.3 Å². The number of benzene rings is 1. The molecule has 3 nitrogen and oxygen atoms in total. The van der Waals surface area contributed by atoms with Crippen molar-refractivity contribution >= 4 is 33.1 Å². The fraction of sp³-hybridized carbons (Fsp3) is 0.188. The minimum atomic E-state index is -4.37. The molecule has 4 rings (SSSR count). The lowest BCUT2D eigenvalue weighted by Gasteiger charge is -2.10. The Morgan fingerprint density at radius 3 is 2.75 bits per heavy atom. The van der Waals surface area contributed by atoms with Crippen molar-refractivity contribution < 1.29 is 13.2 Å². The number of aromatic nitrogens is 2. The van der Waals surface area contributed by atoms with Crippen LogP contribution in [0.3, 0.4) is 0 Å². The number of alkyl halides is 3. The molecule has 0 saturated carbocycles. The second-order valence-electron chi connectivity index (χ2n) is 5.42. The van der Waals surface area contributed by atoms with Crippen molar-refractivity contribution in [2.24, 2.45) is 0 Å². The first-order valence-electron chi connectivity index (χ1n) is 7.22. The highest BCUT2D eigenvalue weighted by molar-refractivity contribution is 9.11. The minimum absolute atomic E-state index is 0.400. The normalized spacial score (nSPS) is 13.8. The summed E-state index contributed by atoms with van der Waals surface area (Å²) in [6.45, 7) is 0.756. The molecular weight excluding hydrogens is 403 g/mol. The van der Waals surface area contributed by atoms with Crippen LogP contribution in [0.1, 0.15) is 11.1 Å². The molecule has 1 aromatic carbocycles. The number of fused-ring (bicyclic) bond motifs is 1. The Hall–Kier alpha value is -1.80. The molecule has 1 aliphatic heterocycles. The van der Waals surface area contributed by atoms with Crippen LogP contribution in [0.2, 0.25) is 0 Å². The summed E-state index contributed by atoms with van der Waals surface area (Å²) in [5.74, 6) is 0.772. The lowest BCUT2D eigenvalue weighted by atomic mass is 10.2. The van der Waals surface area contributed by atoms with Gasteiger partial charge in [-0.3, -0.25) is 0 Å². The molecule has 0 radical (unpaired) electrons. The van der Waals surface area contributed by atoms with E-state index in [9.17, 15) is 13.2 Å². The van der Waals surface area contributed by atoms with Gasteiger partial charge in [-0.25, -0.2) is 4.68 Å². The second kappa shape index (κ2) is 5.63. The van der Waals surface area contributed by atoms with Crippen molar-refractivity contribution in [3.63, 3.8) is 0 Å². The Bertz CT molecular complexity index is 914. The van der Waals surface area contributed by atoms with Crippen molar-refractivity contribution in [2.75, 3.05) is 11.9 Å². The number of thiophene rings is 1. The zero-order chi connectivity index (χ0) is 16.9. The van der Waals surface area contributed by atoms with Crippen LogP contribution in [0.25, 0.3) is 16.3 Å². The topological polar surface area (TPSA) is 29.9 Å². The summed E-state index contributed by atoms with van der Waals surface area (Å²) in [5, 5.41) is 7.82. The predicted octanol–water partition coefficient (Wildman–Crippen LogP) is 5.35. The first-order valence-corrected chi connectivity index (χ1v) is 8.83. The Labute approximate surface area is 148 Å². The number of hydrogen-bond acceptors (Lipinski definition) is 3. The van der Waals surface area contributed by atoms with Gasteiger partial charge < -0.3 is 5.32 Å². The van der Waals surface area contributed by atoms with Gasteiger partial charge in [-0.2, -0.15) is 18.3 Å². The summed E-state index contributed by atoms with van der Waals surface area (Å²) in [5.41, 5.74) is 1.59. The van der Waals surface area contributed by atoms with E-state index in [-0.39, 0.29) is 0 Å². The molecule has 3 heterocycles. The van der Waals surface area contributed by atoms with E-state index in [0.29, 0.717) is 5.69 Å². The second-order valence-corrected chi connectivity index (χ2v) is 7.88. The number of nitrogens with zero attached hydrogens (tertiary/aromatic N) is 2. The van der Waals surface area contributed by atoms with E-state index in [2.05, 4.69) is 26.3 Å². The first-order chi connectivity index (χ1) is 11.4. The quantitative estimate of drug-likeness (QED) is 0.613. The van der Waals surface area contributed by atoms with E-state index in [0.717, 1.165) is 50.8 Å². The Morgan fingerprint density at radius 2 is 2.04 bits per heavy atom. The summed E-state index contributed by atoms with van der Waals surface area (Å²) in [4.78, 5) is 0.993. The summed E-state index contributed by atoms with van der Waals surface area (Å²) in [6, 6.07) is 9.14. The molecule has 0 spiro atoms.